The van der Waals surface area contributed by atoms with Gasteiger partial charge in [-0.05, 0) is 24.5 Å². The lowest BCUT2D eigenvalue weighted by Gasteiger charge is -2.10. The molecule has 1 aromatic heterocycles. The number of carbonyl (C=O) groups is 1. The molecule has 1 heterocycles. The maximum absolute atomic E-state index is 11.2. The van der Waals surface area contributed by atoms with Crippen molar-refractivity contribution >= 4 is 23.0 Å². The molecule has 0 radical (unpaired) electrons. The molecule has 0 aliphatic rings. The first-order chi connectivity index (χ1) is 9.88. The number of nitrogen functional groups attached to an aromatic ring is 1. The minimum absolute atomic E-state index is 0.159. The van der Waals surface area contributed by atoms with Gasteiger partial charge in [0.25, 0.3) is 0 Å². The SMILES string of the molecule is Cc1c(N)cc(OCc2nc(C(C)C)cs2)cc1C(=O)O. The summed E-state index contributed by atoms with van der Waals surface area (Å²) in [7, 11) is 0. The molecule has 0 atom stereocenters. The highest BCUT2D eigenvalue weighted by Crippen LogP contribution is 2.25. The van der Waals surface area contributed by atoms with Gasteiger partial charge < -0.3 is 15.6 Å². The second-order valence-corrected chi connectivity index (χ2v) is 6.04. The van der Waals surface area contributed by atoms with Crippen LogP contribution in [0.25, 0.3) is 0 Å². The third kappa shape index (κ3) is 3.52. The second-order valence-electron chi connectivity index (χ2n) is 5.10. The number of aromatic nitrogens is 1. The van der Waals surface area contributed by atoms with Crippen molar-refractivity contribution in [3.05, 3.63) is 39.3 Å². The van der Waals surface area contributed by atoms with Crippen molar-refractivity contribution < 1.29 is 14.6 Å². The summed E-state index contributed by atoms with van der Waals surface area (Å²) >= 11 is 1.53. The van der Waals surface area contributed by atoms with Crippen LogP contribution in [0, 0.1) is 6.92 Å². The average molecular weight is 306 g/mol. The summed E-state index contributed by atoms with van der Waals surface area (Å²) < 4.78 is 5.62. The highest BCUT2D eigenvalue weighted by molar-refractivity contribution is 7.09. The lowest BCUT2D eigenvalue weighted by Crippen LogP contribution is -2.05. The summed E-state index contributed by atoms with van der Waals surface area (Å²) in [6.07, 6.45) is 0. The molecule has 0 saturated carbocycles. The lowest BCUT2D eigenvalue weighted by molar-refractivity contribution is 0.0695. The predicted molar refractivity (Wildman–Crippen MR) is 83.1 cm³/mol. The first-order valence-electron chi connectivity index (χ1n) is 6.59. The summed E-state index contributed by atoms with van der Waals surface area (Å²) in [4.78, 5) is 15.6. The van der Waals surface area contributed by atoms with E-state index in [0.29, 0.717) is 29.5 Å². The summed E-state index contributed by atoms with van der Waals surface area (Å²) in [6, 6.07) is 3.13. The summed E-state index contributed by atoms with van der Waals surface area (Å²) in [5.41, 5.74) is 7.97. The van der Waals surface area contributed by atoms with Crippen LogP contribution in [0.4, 0.5) is 5.69 Å². The topological polar surface area (TPSA) is 85.4 Å². The van der Waals surface area contributed by atoms with Gasteiger partial charge in [-0.25, -0.2) is 9.78 Å². The number of thiazole rings is 1. The molecule has 0 aliphatic heterocycles. The Balaban J connectivity index is 2.14. The van der Waals surface area contributed by atoms with E-state index in [1.54, 1.807) is 13.0 Å². The molecule has 0 unspecified atom stereocenters. The first-order valence-corrected chi connectivity index (χ1v) is 7.47. The smallest absolute Gasteiger partial charge is 0.336 e. The van der Waals surface area contributed by atoms with Crippen LogP contribution in [0.1, 0.15) is 46.4 Å². The maximum atomic E-state index is 11.2. The highest BCUT2D eigenvalue weighted by Gasteiger charge is 2.13. The molecule has 0 saturated heterocycles. The van der Waals surface area contributed by atoms with Gasteiger partial charge in [-0.1, -0.05) is 13.8 Å². The fourth-order valence-corrected chi connectivity index (χ4v) is 2.68. The molecule has 2 aromatic rings. The Hall–Kier alpha value is -2.08. The maximum Gasteiger partial charge on any atom is 0.336 e. The molecule has 21 heavy (non-hydrogen) atoms. The Bertz CT molecular complexity index is 665. The number of hydrogen-bond acceptors (Lipinski definition) is 5. The Kier molecular flexibility index (Phi) is 4.47. The van der Waals surface area contributed by atoms with Crippen LogP contribution in [0.5, 0.6) is 5.75 Å². The van der Waals surface area contributed by atoms with E-state index in [2.05, 4.69) is 18.8 Å². The Morgan fingerprint density at radius 3 is 2.76 bits per heavy atom. The number of hydrogen-bond donors (Lipinski definition) is 2. The highest BCUT2D eigenvalue weighted by atomic mass is 32.1. The summed E-state index contributed by atoms with van der Waals surface area (Å²) in [5, 5.41) is 12.0. The van der Waals surface area contributed by atoms with E-state index in [1.165, 1.54) is 17.4 Å². The standard InChI is InChI=1S/C15H18N2O3S/c1-8(2)13-7-21-14(17-13)6-20-10-4-11(15(18)19)9(3)12(16)5-10/h4-5,7-8H,6,16H2,1-3H3,(H,18,19). The van der Waals surface area contributed by atoms with Gasteiger partial charge in [0, 0.05) is 17.1 Å². The van der Waals surface area contributed by atoms with Gasteiger partial charge in [-0.2, -0.15) is 0 Å². The van der Waals surface area contributed by atoms with Crippen molar-refractivity contribution in [2.45, 2.75) is 33.3 Å². The predicted octanol–water partition coefficient (Wildman–Crippen LogP) is 3.43. The number of rotatable bonds is 5. The molecule has 1 aromatic carbocycles. The fourth-order valence-electron chi connectivity index (χ4n) is 1.82. The lowest BCUT2D eigenvalue weighted by atomic mass is 10.1. The van der Waals surface area contributed by atoms with E-state index in [4.69, 9.17) is 15.6 Å². The molecule has 112 valence electrons. The molecule has 2 rings (SSSR count). The minimum atomic E-state index is -1.01. The zero-order chi connectivity index (χ0) is 15.6. The normalized spacial score (nSPS) is 10.9. The van der Waals surface area contributed by atoms with E-state index in [0.717, 1.165) is 10.7 Å². The van der Waals surface area contributed by atoms with Crippen LogP contribution in [0.3, 0.4) is 0 Å². The van der Waals surface area contributed by atoms with E-state index in [9.17, 15) is 4.79 Å². The van der Waals surface area contributed by atoms with Gasteiger partial charge in [-0.15, -0.1) is 11.3 Å². The molecule has 0 spiro atoms. The molecule has 0 amide bonds. The van der Waals surface area contributed by atoms with Gasteiger partial charge in [-0.3, -0.25) is 0 Å². The molecule has 6 heteroatoms. The summed E-state index contributed by atoms with van der Waals surface area (Å²) in [6.45, 7) is 6.15. The van der Waals surface area contributed by atoms with Crippen LogP contribution < -0.4 is 10.5 Å². The first kappa shape index (κ1) is 15.3. The zero-order valence-electron chi connectivity index (χ0n) is 12.2. The molecule has 0 fully saturated rings. The van der Waals surface area contributed by atoms with Crippen LogP contribution in [-0.2, 0) is 6.61 Å². The van der Waals surface area contributed by atoms with Crippen molar-refractivity contribution in [2.24, 2.45) is 0 Å². The van der Waals surface area contributed by atoms with Gasteiger partial charge in [0.1, 0.15) is 17.4 Å². The van der Waals surface area contributed by atoms with Gasteiger partial charge in [0.15, 0.2) is 0 Å². The minimum Gasteiger partial charge on any atom is -0.486 e. The fraction of sp³-hybridized carbons (Fsp3) is 0.333. The number of carboxylic acids is 1. The summed E-state index contributed by atoms with van der Waals surface area (Å²) in [5.74, 6) is -0.193. The van der Waals surface area contributed by atoms with Crippen molar-refractivity contribution in [2.75, 3.05) is 5.73 Å². The third-order valence-electron chi connectivity index (χ3n) is 3.18. The molecule has 5 nitrogen and oxygen atoms in total. The van der Waals surface area contributed by atoms with Crippen molar-refractivity contribution in [1.82, 2.24) is 4.98 Å². The molecular weight excluding hydrogens is 288 g/mol. The van der Waals surface area contributed by atoms with Crippen molar-refractivity contribution in [3.8, 4) is 5.75 Å². The number of ether oxygens (including phenoxy) is 1. The van der Waals surface area contributed by atoms with Crippen LogP contribution in [0.15, 0.2) is 17.5 Å². The number of benzene rings is 1. The number of carboxylic acid groups (broad SMARTS) is 1. The quantitative estimate of drug-likeness (QED) is 0.827. The monoisotopic (exact) mass is 306 g/mol. The van der Waals surface area contributed by atoms with E-state index in [-0.39, 0.29) is 5.56 Å². The van der Waals surface area contributed by atoms with Crippen molar-refractivity contribution in [3.63, 3.8) is 0 Å². The molecule has 0 bridgehead atoms. The Labute approximate surface area is 127 Å². The van der Waals surface area contributed by atoms with Gasteiger partial charge in [0.05, 0.1) is 11.3 Å². The van der Waals surface area contributed by atoms with E-state index >= 15 is 0 Å². The average Bonchev–Trinajstić information content (AvgIpc) is 2.88. The van der Waals surface area contributed by atoms with E-state index in [1.807, 2.05) is 5.38 Å². The van der Waals surface area contributed by atoms with Crippen molar-refractivity contribution in [1.29, 1.82) is 0 Å². The van der Waals surface area contributed by atoms with Crippen LogP contribution in [-0.4, -0.2) is 16.1 Å². The molecule has 3 N–H and O–H groups in total. The molecular formula is C15H18N2O3S. The molecule has 0 aliphatic carbocycles. The van der Waals surface area contributed by atoms with Gasteiger partial charge in [0.2, 0.25) is 0 Å². The Morgan fingerprint density at radius 1 is 1.48 bits per heavy atom. The van der Waals surface area contributed by atoms with Crippen LogP contribution in [0.2, 0.25) is 0 Å². The van der Waals surface area contributed by atoms with Gasteiger partial charge >= 0.3 is 5.97 Å². The number of aromatic carboxylic acids is 1. The number of nitrogens with two attached hydrogens (primary N) is 1. The zero-order valence-corrected chi connectivity index (χ0v) is 13.0. The largest absolute Gasteiger partial charge is 0.486 e. The number of anilines is 1. The third-order valence-corrected chi connectivity index (χ3v) is 4.02. The number of nitrogens with zero attached hydrogens (tertiary/aromatic N) is 1. The Morgan fingerprint density at radius 2 is 2.19 bits per heavy atom. The van der Waals surface area contributed by atoms with E-state index < -0.39 is 5.97 Å². The van der Waals surface area contributed by atoms with Crippen LogP contribution >= 0.6 is 11.3 Å². The second kappa shape index (κ2) is 6.13.